The van der Waals surface area contributed by atoms with E-state index in [2.05, 4.69) is 34.9 Å². The van der Waals surface area contributed by atoms with Crippen LogP contribution in [-0.4, -0.2) is 9.78 Å². The molecule has 0 bridgehead atoms. The second-order valence-corrected chi connectivity index (χ2v) is 5.95. The van der Waals surface area contributed by atoms with Crippen LogP contribution < -0.4 is 5.73 Å². The van der Waals surface area contributed by atoms with Crippen LogP contribution in [0, 0.1) is 5.41 Å². The van der Waals surface area contributed by atoms with Crippen molar-refractivity contribution in [2.24, 2.45) is 11.1 Å². The Kier molecular flexibility index (Phi) is 3.93. The summed E-state index contributed by atoms with van der Waals surface area (Å²) < 4.78 is 3.09. The Hall–Kier alpha value is -0.350. The number of nitrogens with two attached hydrogens (primary N) is 1. The molecule has 1 saturated carbocycles. The number of rotatable bonds is 4. The van der Waals surface area contributed by atoms with Crippen molar-refractivity contribution >= 4 is 15.9 Å². The molecule has 1 heterocycles. The van der Waals surface area contributed by atoms with Crippen molar-refractivity contribution in [3.05, 3.63) is 16.4 Å². The van der Waals surface area contributed by atoms with E-state index in [1.165, 1.54) is 31.4 Å². The van der Waals surface area contributed by atoms with Gasteiger partial charge in [0, 0.05) is 6.54 Å². The van der Waals surface area contributed by atoms with Gasteiger partial charge < -0.3 is 5.73 Å². The number of aromatic nitrogens is 2. The summed E-state index contributed by atoms with van der Waals surface area (Å²) in [5, 5.41) is 4.38. The Labute approximate surface area is 112 Å². The van der Waals surface area contributed by atoms with Gasteiger partial charge in [0.1, 0.15) is 0 Å². The van der Waals surface area contributed by atoms with Crippen LogP contribution in [0.1, 0.15) is 57.7 Å². The zero-order valence-corrected chi connectivity index (χ0v) is 12.3. The van der Waals surface area contributed by atoms with Crippen LogP contribution in [-0.2, 0) is 6.54 Å². The topological polar surface area (TPSA) is 43.8 Å². The first kappa shape index (κ1) is 13.1. The lowest BCUT2D eigenvalue weighted by atomic mass is 9.75. The molecule has 0 aliphatic heterocycles. The molecular weight excluding hydrogens is 278 g/mol. The van der Waals surface area contributed by atoms with Gasteiger partial charge in [-0.1, -0.05) is 19.8 Å². The molecule has 2 rings (SSSR count). The Balaban J connectivity index is 2.35. The van der Waals surface area contributed by atoms with E-state index in [4.69, 9.17) is 5.73 Å². The van der Waals surface area contributed by atoms with Gasteiger partial charge in [-0.25, -0.2) is 0 Å². The molecule has 3 nitrogen and oxygen atoms in total. The number of nitrogens with zero attached hydrogens (tertiary/aromatic N) is 2. The van der Waals surface area contributed by atoms with Crippen LogP contribution in [0.15, 0.2) is 10.7 Å². The van der Waals surface area contributed by atoms with E-state index in [0.29, 0.717) is 0 Å². The van der Waals surface area contributed by atoms with Gasteiger partial charge in [0.05, 0.1) is 22.4 Å². The fraction of sp³-hybridized carbons (Fsp3) is 0.769. The van der Waals surface area contributed by atoms with E-state index < -0.39 is 0 Å². The molecule has 0 amide bonds. The summed E-state index contributed by atoms with van der Waals surface area (Å²) in [4.78, 5) is 0. The first-order valence-electron chi connectivity index (χ1n) is 6.61. The standard InChI is InChI=1S/C13H22BrN3/c1-3-13(7-5-6-8-13)12(15)11-10(14)9-16-17(11)4-2/h9,12H,3-8,15H2,1-2H3. The highest BCUT2D eigenvalue weighted by molar-refractivity contribution is 9.10. The van der Waals surface area contributed by atoms with Crippen molar-refractivity contribution in [1.29, 1.82) is 0 Å². The van der Waals surface area contributed by atoms with Crippen molar-refractivity contribution in [3.8, 4) is 0 Å². The molecule has 17 heavy (non-hydrogen) atoms. The summed E-state index contributed by atoms with van der Waals surface area (Å²) in [6.07, 6.45) is 8.18. The fourth-order valence-corrected chi connectivity index (χ4v) is 3.73. The van der Waals surface area contributed by atoms with Gasteiger partial charge in [-0.2, -0.15) is 5.10 Å². The molecule has 2 N–H and O–H groups in total. The lowest BCUT2D eigenvalue weighted by Gasteiger charge is -2.34. The highest BCUT2D eigenvalue weighted by Gasteiger charge is 2.40. The van der Waals surface area contributed by atoms with Crippen molar-refractivity contribution in [1.82, 2.24) is 9.78 Å². The fourth-order valence-electron chi connectivity index (χ4n) is 3.19. The molecule has 96 valence electrons. The highest BCUT2D eigenvalue weighted by atomic mass is 79.9. The number of halogens is 1. The van der Waals surface area contributed by atoms with Crippen molar-refractivity contribution < 1.29 is 0 Å². The van der Waals surface area contributed by atoms with Gasteiger partial charge >= 0.3 is 0 Å². The zero-order chi connectivity index (χ0) is 12.5. The van der Waals surface area contributed by atoms with E-state index in [1.54, 1.807) is 0 Å². The largest absolute Gasteiger partial charge is 0.322 e. The van der Waals surface area contributed by atoms with E-state index in [-0.39, 0.29) is 11.5 Å². The number of hydrogen-bond acceptors (Lipinski definition) is 2. The minimum atomic E-state index is 0.104. The Morgan fingerprint density at radius 1 is 1.47 bits per heavy atom. The minimum absolute atomic E-state index is 0.104. The second-order valence-electron chi connectivity index (χ2n) is 5.09. The zero-order valence-electron chi connectivity index (χ0n) is 10.7. The molecular formula is C13H22BrN3. The van der Waals surface area contributed by atoms with Gasteiger partial charge in [0.2, 0.25) is 0 Å². The molecule has 4 heteroatoms. The summed E-state index contributed by atoms with van der Waals surface area (Å²) in [6.45, 7) is 5.27. The van der Waals surface area contributed by atoms with Gasteiger partial charge in [-0.15, -0.1) is 0 Å². The van der Waals surface area contributed by atoms with E-state index in [1.807, 2.05) is 10.9 Å². The van der Waals surface area contributed by atoms with Crippen LogP contribution in [0.25, 0.3) is 0 Å². The number of hydrogen-bond donors (Lipinski definition) is 1. The van der Waals surface area contributed by atoms with Crippen LogP contribution >= 0.6 is 15.9 Å². The van der Waals surface area contributed by atoms with Crippen LogP contribution in [0.5, 0.6) is 0 Å². The molecule has 0 radical (unpaired) electrons. The predicted octanol–water partition coefficient (Wildman–Crippen LogP) is 3.64. The summed E-state index contributed by atoms with van der Waals surface area (Å²) in [5.74, 6) is 0. The maximum Gasteiger partial charge on any atom is 0.0699 e. The maximum atomic E-state index is 6.58. The third-order valence-corrected chi connectivity index (χ3v) is 5.00. The maximum absolute atomic E-state index is 6.58. The molecule has 1 unspecified atom stereocenters. The molecule has 1 aromatic rings. The predicted molar refractivity (Wildman–Crippen MR) is 73.7 cm³/mol. The smallest absolute Gasteiger partial charge is 0.0699 e. The average Bonchev–Trinajstić information content (AvgIpc) is 2.95. The Morgan fingerprint density at radius 2 is 2.12 bits per heavy atom. The molecule has 1 aliphatic rings. The summed E-state index contributed by atoms with van der Waals surface area (Å²) in [5.41, 5.74) is 8.04. The monoisotopic (exact) mass is 299 g/mol. The highest BCUT2D eigenvalue weighted by Crippen LogP contribution is 2.49. The Morgan fingerprint density at radius 3 is 2.65 bits per heavy atom. The van der Waals surface area contributed by atoms with Crippen molar-refractivity contribution in [3.63, 3.8) is 0 Å². The first-order chi connectivity index (χ1) is 8.14. The minimum Gasteiger partial charge on any atom is -0.322 e. The molecule has 0 spiro atoms. The Bertz CT molecular complexity index is 380. The molecule has 1 aliphatic carbocycles. The quantitative estimate of drug-likeness (QED) is 0.922. The average molecular weight is 300 g/mol. The third kappa shape index (κ3) is 2.17. The van der Waals surface area contributed by atoms with Crippen LogP contribution in [0.3, 0.4) is 0 Å². The number of aryl methyl sites for hydroxylation is 1. The lowest BCUT2D eigenvalue weighted by molar-refractivity contribution is 0.213. The normalized spacial score (nSPS) is 20.7. The SMILES string of the molecule is CCn1ncc(Br)c1C(N)C1(CC)CCCC1. The molecule has 1 aromatic heterocycles. The molecule has 0 aromatic carbocycles. The van der Waals surface area contributed by atoms with Gasteiger partial charge in [0.15, 0.2) is 0 Å². The lowest BCUT2D eigenvalue weighted by Crippen LogP contribution is -2.33. The van der Waals surface area contributed by atoms with Gasteiger partial charge in [0.25, 0.3) is 0 Å². The van der Waals surface area contributed by atoms with E-state index in [0.717, 1.165) is 17.4 Å². The van der Waals surface area contributed by atoms with E-state index >= 15 is 0 Å². The summed E-state index contributed by atoms with van der Waals surface area (Å²) >= 11 is 3.60. The summed E-state index contributed by atoms with van der Waals surface area (Å²) in [7, 11) is 0. The second kappa shape index (κ2) is 5.11. The van der Waals surface area contributed by atoms with Gasteiger partial charge in [-0.3, -0.25) is 4.68 Å². The van der Waals surface area contributed by atoms with Crippen molar-refractivity contribution in [2.75, 3.05) is 0 Å². The third-order valence-electron chi connectivity index (χ3n) is 4.39. The molecule has 1 atom stereocenters. The first-order valence-corrected chi connectivity index (χ1v) is 7.40. The molecule has 0 saturated heterocycles. The summed E-state index contributed by atoms with van der Waals surface area (Å²) in [6, 6.07) is 0.104. The molecule has 1 fully saturated rings. The van der Waals surface area contributed by atoms with Crippen LogP contribution in [0.4, 0.5) is 0 Å². The van der Waals surface area contributed by atoms with Crippen LogP contribution in [0.2, 0.25) is 0 Å². The van der Waals surface area contributed by atoms with Gasteiger partial charge in [-0.05, 0) is 47.5 Å². The van der Waals surface area contributed by atoms with E-state index in [9.17, 15) is 0 Å². The van der Waals surface area contributed by atoms with Crippen molar-refractivity contribution in [2.45, 2.75) is 58.5 Å².